The first-order valence-electron chi connectivity index (χ1n) is 8.96. The Hall–Kier alpha value is -0.460. The Balaban J connectivity index is 1.72. The first-order valence-corrected chi connectivity index (χ1v) is 10.6. The molecule has 0 amide bonds. The average molecular weight is 343 g/mol. The molecule has 3 fully saturated rings. The molecule has 3 rings (SSSR count). The lowest BCUT2D eigenvalue weighted by Crippen LogP contribution is -2.51. The van der Waals surface area contributed by atoms with E-state index in [4.69, 9.17) is 0 Å². The van der Waals surface area contributed by atoms with Crippen LogP contribution in [0.3, 0.4) is 0 Å². The monoisotopic (exact) mass is 342 g/mol. The summed E-state index contributed by atoms with van der Waals surface area (Å²) in [5, 5.41) is 0. The van der Waals surface area contributed by atoms with Crippen molar-refractivity contribution in [3.63, 3.8) is 0 Å². The maximum Gasteiger partial charge on any atom is 0.212 e. The Kier molecular flexibility index (Phi) is 4.39. The number of ketones is 1. The van der Waals surface area contributed by atoms with Gasteiger partial charge in [-0.25, -0.2) is 13.1 Å². The van der Waals surface area contributed by atoms with Crippen molar-refractivity contribution >= 4 is 15.8 Å². The zero-order valence-corrected chi connectivity index (χ0v) is 15.4. The van der Waals surface area contributed by atoms with Gasteiger partial charge in [0.2, 0.25) is 10.0 Å². The fraction of sp³-hybridized carbons (Fsp3) is 0.941. The number of rotatable bonds is 5. The molecule has 0 spiro atoms. The first-order chi connectivity index (χ1) is 10.7. The van der Waals surface area contributed by atoms with Crippen LogP contribution in [0.5, 0.6) is 0 Å². The fourth-order valence-electron chi connectivity index (χ4n) is 5.17. The highest BCUT2D eigenvalue weighted by molar-refractivity contribution is 7.89. The first kappa shape index (κ1) is 17.4. The standard InChI is InChI=1S/C17H30N2O3S/c1-4-19-9-5-6-14(11-19)18-23(21,22)12-17-8-7-13(10-15(17)20)16(17,2)3/h13-14,18H,4-12H2,1-3H3. The van der Waals surface area contributed by atoms with Crippen molar-refractivity contribution in [2.75, 3.05) is 25.4 Å². The number of piperidine rings is 1. The molecule has 3 aliphatic rings. The number of carbonyl (C=O) groups excluding carboxylic acids is 1. The zero-order valence-electron chi connectivity index (χ0n) is 14.6. The van der Waals surface area contributed by atoms with Gasteiger partial charge in [-0.2, -0.15) is 0 Å². The number of carbonyl (C=O) groups is 1. The molecule has 23 heavy (non-hydrogen) atoms. The van der Waals surface area contributed by atoms with Crippen molar-refractivity contribution in [1.82, 2.24) is 9.62 Å². The van der Waals surface area contributed by atoms with Crippen molar-refractivity contribution in [2.24, 2.45) is 16.7 Å². The average Bonchev–Trinajstić information content (AvgIpc) is 2.80. The predicted octanol–water partition coefficient (Wildman–Crippen LogP) is 1.79. The van der Waals surface area contributed by atoms with Crippen molar-refractivity contribution < 1.29 is 13.2 Å². The SMILES string of the molecule is CCN1CCCC(NS(=O)(=O)CC23CCC(CC2=O)C3(C)C)C1. The maximum absolute atomic E-state index is 12.8. The zero-order chi connectivity index (χ0) is 16.9. The Labute approximate surface area is 140 Å². The van der Waals surface area contributed by atoms with Crippen molar-refractivity contribution in [3.05, 3.63) is 0 Å². The summed E-state index contributed by atoms with van der Waals surface area (Å²) >= 11 is 0. The summed E-state index contributed by atoms with van der Waals surface area (Å²) in [7, 11) is -3.44. The highest BCUT2D eigenvalue weighted by atomic mass is 32.2. The van der Waals surface area contributed by atoms with Gasteiger partial charge < -0.3 is 4.90 Å². The predicted molar refractivity (Wildman–Crippen MR) is 90.6 cm³/mol. The minimum absolute atomic E-state index is 0.0121. The molecule has 0 aromatic heterocycles. The Morgan fingerprint density at radius 1 is 1.30 bits per heavy atom. The third kappa shape index (κ3) is 2.87. The molecule has 1 saturated heterocycles. The number of fused-ring (bicyclic) bond motifs is 2. The third-order valence-corrected chi connectivity index (χ3v) is 8.44. The largest absolute Gasteiger partial charge is 0.302 e. The summed E-state index contributed by atoms with van der Waals surface area (Å²) in [6.07, 6.45) is 4.20. The number of hydrogen-bond donors (Lipinski definition) is 1. The topological polar surface area (TPSA) is 66.5 Å². The van der Waals surface area contributed by atoms with Crippen LogP contribution in [0, 0.1) is 16.7 Å². The van der Waals surface area contributed by atoms with Crippen LogP contribution >= 0.6 is 0 Å². The van der Waals surface area contributed by atoms with Gasteiger partial charge >= 0.3 is 0 Å². The third-order valence-electron chi connectivity index (χ3n) is 6.87. The van der Waals surface area contributed by atoms with Crippen LogP contribution in [-0.4, -0.2) is 50.5 Å². The number of likely N-dealkylation sites (N-methyl/N-ethyl adjacent to an activating group) is 1. The van der Waals surface area contributed by atoms with Gasteiger partial charge in [-0.15, -0.1) is 0 Å². The molecule has 1 N–H and O–H groups in total. The minimum atomic E-state index is -3.44. The van der Waals surface area contributed by atoms with Crippen LogP contribution in [0.25, 0.3) is 0 Å². The molecule has 132 valence electrons. The molecule has 0 aromatic rings. The number of hydrogen-bond acceptors (Lipinski definition) is 4. The second-order valence-corrected chi connectivity index (χ2v) is 10.0. The molecule has 2 aliphatic carbocycles. The van der Waals surface area contributed by atoms with Crippen LogP contribution in [0.2, 0.25) is 0 Å². The smallest absolute Gasteiger partial charge is 0.212 e. The van der Waals surface area contributed by atoms with Gasteiger partial charge in [0, 0.05) is 24.4 Å². The van der Waals surface area contributed by atoms with E-state index in [1.54, 1.807) is 0 Å². The van der Waals surface area contributed by atoms with E-state index in [1.807, 2.05) is 0 Å². The van der Waals surface area contributed by atoms with Crippen molar-refractivity contribution in [3.8, 4) is 0 Å². The molecule has 3 atom stereocenters. The lowest BCUT2D eigenvalue weighted by atomic mass is 9.70. The molecular weight excluding hydrogens is 312 g/mol. The highest BCUT2D eigenvalue weighted by Crippen LogP contribution is 2.64. The number of likely N-dealkylation sites (tertiary alicyclic amines) is 1. The minimum Gasteiger partial charge on any atom is -0.302 e. The van der Waals surface area contributed by atoms with Gasteiger partial charge in [0.05, 0.1) is 5.75 Å². The van der Waals surface area contributed by atoms with Crippen LogP contribution in [0.4, 0.5) is 0 Å². The molecule has 5 nitrogen and oxygen atoms in total. The second-order valence-electron chi connectivity index (χ2n) is 8.28. The van der Waals surface area contributed by atoms with Gasteiger partial charge in [0.15, 0.2) is 0 Å². The molecule has 0 aromatic carbocycles. The summed E-state index contributed by atoms with van der Waals surface area (Å²) < 4.78 is 28.5. The normalized spacial score (nSPS) is 37.4. The van der Waals surface area contributed by atoms with Crippen molar-refractivity contribution in [2.45, 2.75) is 58.9 Å². The quantitative estimate of drug-likeness (QED) is 0.827. The number of nitrogens with one attached hydrogen (secondary N) is 1. The molecule has 3 unspecified atom stereocenters. The number of sulfonamides is 1. The molecule has 2 saturated carbocycles. The maximum atomic E-state index is 12.8. The Morgan fingerprint density at radius 2 is 2.04 bits per heavy atom. The fourth-order valence-corrected chi connectivity index (χ4v) is 7.28. The van der Waals surface area contributed by atoms with E-state index in [9.17, 15) is 13.2 Å². The van der Waals surface area contributed by atoms with Crippen LogP contribution in [-0.2, 0) is 14.8 Å². The van der Waals surface area contributed by atoms with Crippen LogP contribution in [0.15, 0.2) is 0 Å². The summed E-state index contributed by atoms with van der Waals surface area (Å²) in [6, 6.07) is -0.0121. The van der Waals surface area contributed by atoms with Gasteiger partial charge in [-0.1, -0.05) is 20.8 Å². The lowest BCUT2D eigenvalue weighted by molar-refractivity contribution is -0.128. The van der Waals surface area contributed by atoms with Crippen LogP contribution < -0.4 is 4.72 Å². The summed E-state index contributed by atoms with van der Waals surface area (Å²) in [5.41, 5.74) is -0.858. The molecule has 2 bridgehead atoms. The van der Waals surface area contributed by atoms with Gasteiger partial charge in [-0.05, 0) is 50.1 Å². The van der Waals surface area contributed by atoms with E-state index < -0.39 is 15.4 Å². The van der Waals surface area contributed by atoms with Gasteiger partial charge in [0.25, 0.3) is 0 Å². The summed E-state index contributed by atoms with van der Waals surface area (Å²) in [5.74, 6) is 0.503. The number of nitrogens with zero attached hydrogens (tertiary/aromatic N) is 1. The molecular formula is C17H30N2O3S. The van der Waals surface area contributed by atoms with E-state index in [0.29, 0.717) is 12.3 Å². The number of Topliss-reactive ketones (excluding diaryl/α,β-unsaturated/α-hetero) is 1. The van der Waals surface area contributed by atoms with E-state index in [2.05, 4.69) is 30.4 Å². The van der Waals surface area contributed by atoms with E-state index in [0.717, 1.165) is 45.3 Å². The molecule has 1 aliphatic heterocycles. The molecule has 1 heterocycles. The highest BCUT2D eigenvalue weighted by Gasteiger charge is 2.65. The molecule has 0 radical (unpaired) electrons. The second kappa shape index (κ2) is 5.81. The Morgan fingerprint density at radius 3 is 2.61 bits per heavy atom. The van der Waals surface area contributed by atoms with Crippen molar-refractivity contribution in [1.29, 1.82) is 0 Å². The van der Waals surface area contributed by atoms with E-state index in [-0.39, 0.29) is 23.0 Å². The molecule has 6 heteroatoms. The summed E-state index contributed by atoms with van der Waals surface area (Å²) in [6.45, 7) is 9.06. The lowest BCUT2D eigenvalue weighted by Gasteiger charge is -2.37. The van der Waals surface area contributed by atoms with Gasteiger partial charge in [-0.3, -0.25) is 4.79 Å². The van der Waals surface area contributed by atoms with Crippen LogP contribution in [0.1, 0.15) is 52.9 Å². The van der Waals surface area contributed by atoms with Gasteiger partial charge in [0.1, 0.15) is 5.78 Å². The Bertz CT molecular complexity index is 587. The summed E-state index contributed by atoms with van der Waals surface area (Å²) in [4.78, 5) is 14.8. The van der Waals surface area contributed by atoms with E-state index >= 15 is 0 Å². The van der Waals surface area contributed by atoms with E-state index in [1.165, 1.54) is 0 Å².